The highest BCUT2D eigenvalue weighted by atomic mass is 35.5. The summed E-state index contributed by atoms with van der Waals surface area (Å²) in [5, 5.41) is 13.2. The number of hydrogen-bond acceptors (Lipinski definition) is 5. The monoisotopic (exact) mass is 316 g/mol. The maximum Gasteiger partial charge on any atom is 0.287 e. The molecule has 1 aromatic carbocycles. The van der Waals surface area contributed by atoms with Crippen LogP contribution in [0.4, 0.5) is 5.69 Å². The summed E-state index contributed by atoms with van der Waals surface area (Å²) in [6.45, 7) is 4.75. The molecule has 0 fully saturated rings. The molecule has 8 heteroatoms. The molecular formula is C13H17ClN2O5. The Bertz CT molecular complexity index is 503. The number of hydrogen-bond donors (Lipinski definition) is 1. The van der Waals surface area contributed by atoms with Crippen LogP contribution in [0, 0.1) is 10.1 Å². The fraction of sp³-hybridized carbons (Fsp3) is 0.462. The van der Waals surface area contributed by atoms with Gasteiger partial charge in [0, 0.05) is 24.8 Å². The third-order valence-electron chi connectivity index (χ3n) is 2.54. The van der Waals surface area contributed by atoms with Crippen molar-refractivity contribution in [3.8, 4) is 0 Å². The average molecular weight is 317 g/mol. The van der Waals surface area contributed by atoms with Gasteiger partial charge in [-0.25, -0.2) is 0 Å². The molecule has 0 aliphatic heterocycles. The van der Waals surface area contributed by atoms with Crippen LogP contribution in [0.1, 0.15) is 24.2 Å². The van der Waals surface area contributed by atoms with Crippen molar-refractivity contribution in [2.45, 2.75) is 20.1 Å². The van der Waals surface area contributed by atoms with E-state index in [1.54, 1.807) is 0 Å². The smallest absolute Gasteiger partial charge is 0.287 e. The summed E-state index contributed by atoms with van der Waals surface area (Å²) in [7, 11) is 0. The van der Waals surface area contributed by atoms with Crippen LogP contribution in [0.3, 0.4) is 0 Å². The van der Waals surface area contributed by atoms with Crippen molar-refractivity contribution in [1.82, 2.24) is 5.32 Å². The maximum atomic E-state index is 11.9. The summed E-state index contributed by atoms with van der Waals surface area (Å²) in [5.41, 5.74) is -0.00734. The van der Waals surface area contributed by atoms with Crippen molar-refractivity contribution < 1.29 is 19.2 Å². The molecule has 0 spiro atoms. The Balaban J connectivity index is 2.67. The molecule has 0 radical (unpaired) electrons. The number of ether oxygens (including phenoxy) is 2. The van der Waals surface area contributed by atoms with Crippen LogP contribution in [0.25, 0.3) is 0 Å². The fourth-order valence-electron chi connectivity index (χ4n) is 1.61. The molecule has 7 nitrogen and oxygen atoms in total. The van der Waals surface area contributed by atoms with Crippen LogP contribution in [0.15, 0.2) is 18.2 Å². The van der Waals surface area contributed by atoms with Crippen LogP contribution in [-0.4, -0.2) is 36.9 Å². The zero-order valence-electron chi connectivity index (χ0n) is 11.8. The SMILES string of the molecule is CCOC(CNC(=O)c1ccc([N+](=O)[O-])c(Cl)c1)OCC. The van der Waals surface area contributed by atoms with Crippen molar-refractivity contribution in [2.24, 2.45) is 0 Å². The molecule has 0 aliphatic rings. The van der Waals surface area contributed by atoms with Gasteiger partial charge in [-0.15, -0.1) is 0 Å². The van der Waals surface area contributed by atoms with Crippen molar-refractivity contribution in [1.29, 1.82) is 0 Å². The Morgan fingerprint density at radius 3 is 2.48 bits per heavy atom. The number of nitrogens with one attached hydrogen (secondary N) is 1. The highest BCUT2D eigenvalue weighted by Crippen LogP contribution is 2.24. The average Bonchev–Trinajstić information content (AvgIpc) is 2.44. The minimum absolute atomic E-state index is 0.0844. The fourth-order valence-corrected chi connectivity index (χ4v) is 1.86. The molecule has 0 saturated carbocycles. The Morgan fingerprint density at radius 2 is 2.00 bits per heavy atom. The molecule has 0 atom stereocenters. The molecule has 116 valence electrons. The van der Waals surface area contributed by atoms with Gasteiger partial charge >= 0.3 is 0 Å². The number of carbonyl (C=O) groups excluding carboxylic acids is 1. The van der Waals surface area contributed by atoms with E-state index in [1.807, 2.05) is 13.8 Å². The van der Waals surface area contributed by atoms with E-state index in [0.717, 1.165) is 0 Å². The number of amides is 1. The number of rotatable bonds is 8. The van der Waals surface area contributed by atoms with Gasteiger partial charge in [0.15, 0.2) is 6.29 Å². The lowest BCUT2D eigenvalue weighted by Crippen LogP contribution is -2.35. The summed E-state index contributed by atoms with van der Waals surface area (Å²) in [6, 6.07) is 3.79. The first-order valence-corrected chi connectivity index (χ1v) is 6.82. The standard InChI is InChI=1S/C13H17ClN2O5/c1-3-20-12(21-4-2)8-15-13(17)9-5-6-11(16(18)19)10(14)7-9/h5-7,12H,3-4,8H2,1-2H3,(H,15,17). The van der Waals surface area contributed by atoms with Crippen LogP contribution in [-0.2, 0) is 9.47 Å². The van der Waals surface area contributed by atoms with Crippen molar-refractivity contribution in [3.63, 3.8) is 0 Å². The predicted octanol–water partition coefficient (Wildman–Crippen LogP) is 2.38. The van der Waals surface area contributed by atoms with Gasteiger partial charge in [-0.05, 0) is 26.0 Å². The van der Waals surface area contributed by atoms with Crippen LogP contribution in [0.5, 0.6) is 0 Å². The molecule has 0 heterocycles. The lowest BCUT2D eigenvalue weighted by molar-refractivity contribution is -0.384. The quantitative estimate of drug-likeness (QED) is 0.451. The largest absolute Gasteiger partial charge is 0.351 e. The molecule has 1 rings (SSSR count). The summed E-state index contributed by atoms with van der Waals surface area (Å²) in [6.07, 6.45) is -0.530. The lowest BCUT2D eigenvalue weighted by Gasteiger charge is -2.17. The topological polar surface area (TPSA) is 90.7 Å². The number of halogens is 1. The highest BCUT2D eigenvalue weighted by Gasteiger charge is 2.16. The summed E-state index contributed by atoms with van der Waals surface area (Å²) < 4.78 is 10.6. The third kappa shape index (κ3) is 5.30. The normalized spacial score (nSPS) is 10.7. The predicted molar refractivity (Wildman–Crippen MR) is 77.5 cm³/mol. The Kier molecular flexibility index (Phi) is 7.07. The van der Waals surface area contributed by atoms with Crippen molar-refractivity contribution in [3.05, 3.63) is 38.9 Å². The number of nitro benzene ring substituents is 1. The second-order valence-electron chi connectivity index (χ2n) is 3.97. The van der Waals surface area contributed by atoms with E-state index in [9.17, 15) is 14.9 Å². The number of benzene rings is 1. The second-order valence-corrected chi connectivity index (χ2v) is 4.38. The van der Waals surface area contributed by atoms with Gasteiger partial charge in [0.05, 0.1) is 11.5 Å². The molecule has 0 aromatic heterocycles. The van der Waals surface area contributed by atoms with E-state index in [-0.39, 0.29) is 22.8 Å². The zero-order chi connectivity index (χ0) is 15.8. The van der Waals surface area contributed by atoms with E-state index in [4.69, 9.17) is 21.1 Å². The highest BCUT2D eigenvalue weighted by molar-refractivity contribution is 6.33. The number of nitrogens with zero attached hydrogens (tertiary/aromatic N) is 1. The Morgan fingerprint density at radius 1 is 1.38 bits per heavy atom. The Hall–Kier alpha value is -1.70. The molecular weight excluding hydrogens is 300 g/mol. The van der Waals surface area contributed by atoms with Gasteiger partial charge in [0.25, 0.3) is 11.6 Å². The first-order valence-electron chi connectivity index (χ1n) is 6.44. The number of nitro groups is 1. The van der Waals surface area contributed by atoms with E-state index < -0.39 is 17.1 Å². The van der Waals surface area contributed by atoms with Gasteiger partial charge < -0.3 is 14.8 Å². The van der Waals surface area contributed by atoms with Gasteiger partial charge in [0.2, 0.25) is 0 Å². The molecule has 1 aromatic rings. The van der Waals surface area contributed by atoms with E-state index >= 15 is 0 Å². The maximum absolute atomic E-state index is 11.9. The molecule has 0 unspecified atom stereocenters. The van der Waals surface area contributed by atoms with Crippen LogP contribution < -0.4 is 5.32 Å². The van der Waals surface area contributed by atoms with E-state index in [0.29, 0.717) is 13.2 Å². The second kappa shape index (κ2) is 8.56. The Labute approximate surface area is 127 Å². The van der Waals surface area contributed by atoms with Crippen molar-refractivity contribution >= 4 is 23.2 Å². The first kappa shape index (κ1) is 17.4. The minimum Gasteiger partial charge on any atom is -0.351 e. The van der Waals surface area contributed by atoms with Gasteiger partial charge in [-0.3, -0.25) is 14.9 Å². The molecule has 0 saturated heterocycles. The minimum atomic E-state index is -0.607. The van der Waals surface area contributed by atoms with Crippen LogP contribution in [0.2, 0.25) is 5.02 Å². The number of carbonyl (C=O) groups is 1. The first-order chi connectivity index (χ1) is 9.99. The molecule has 0 bridgehead atoms. The zero-order valence-corrected chi connectivity index (χ0v) is 12.6. The van der Waals surface area contributed by atoms with Crippen molar-refractivity contribution in [2.75, 3.05) is 19.8 Å². The third-order valence-corrected chi connectivity index (χ3v) is 2.84. The summed E-state index contributed by atoms with van der Waals surface area (Å²) in [5.74, 6) is -0.406. The van der Waals surface area contributed by atoms with Gasteiger partial charge in [-0.1, -0.05) is 11.6 Å². The van der Waals surface area contributed by atoms with Gasteiger partial charge in [0.1, 0.15) is 5.02 Å². The van der Waals surface area contributed by atoms with E-state index in [1.165, 1.54) is 18.2 Å². The molecule has 21 heavy (non-hydrogen) atoms. The summed E-state index contributed by atoms with van der Waals surface area (Å²) in [4.78, 5) is 22.0. The van der Waals surface area contributed by atoms with Crippen LogP contribution >= 0.6 is 11.6 Å². The van der Waals surface area contributed by atoms with Gasteiger partial charge in [-0.2, -0.15) is 0 Å². The summed E-state index contributed by atoms with van der Waals surface area (Å²) >= 11 is 5.76. The molecule has 1 amide bonds. The lowest BCUT2D eigenvalue weighted by atomic mass is 10.2. The molecule has 1 N–H and O–H groups in total. The van der Waals surface area contributed by atoms with E-state index in [2.05, 4.69) is 5.32 Å². The molecule has 0 aliphatic carbocycles.